The zero-order chi connectivity index (χ0) is 22.0. The van der Waals surface area contributed by atoms with E-state index < -0.39 is 0 Å². The molecule has 7 heteroatoms. The summed E-state index contributed by atoms with van der Waals surface area (Å²) in [5.41, 5.74) is 7.18. The molecule has 0 bridgehead atoms. The van der Waals surface area contributed by atoms with Crippen LogP contribution in [0.3, 0.4) is 0 Å². The van der Waals surface area contributed by atoms with E-state index in [4.69, 9.17) is 4.98 Å². The van der Waals surface area contributed by atoms with E-state index in [9.17, 15) is 4.79 Å². The van der Waals surface area contributed by atoms with Crippen LogP contribution in [-0.4, -0.2) is 50.7 Å². The van der Waals surface area contributed by atoms with Crippen molar-refractivity contribution in [2.24, 2.45) is 7.05 Å². The minimum absolute atomic E-state index is 0.177. The molecule has 1 atom stereocenters. The first-order chi connectivity index (χ1) is 14.9. The molecule has 3 aromatic heterocycles. The van der Waals surface area contributed by atoms with Crippen molar-refractivity contribution in [1.29, 1.82) is 0 Å². The number of aryl methyl sites for hydroxylation is 2. The molecule has 0 saturated carbocycles. The molecular formula is C24H30N6O. The smallest absolute Gasteiger partial charge is 0.269 e. The summed E-state index contributed by atoms with van der Waals surface area (Å²) in [6.07, 6.45) is 6.06. The average molecular weight is 419 g/mol. The van der Waals surface area contributed by atoms with Gasteiger partial charge in [-0.05, 0) is 57.0 Å². The molecule has 1 aliphatic rings. The Bertz CT molecular complexity index is 1070. The molecule has 1 N–H and O–H groups in total. The van der Waals surface area contributed by atoms with Crippen LogP contribution < -0.4 is 5.32 Å². The van der Waals surface area contributed by atoms with Crippen LogP contribution in [0.1, 0.15) is 51.9 Å². The summed E-state index contributed by atoms with van der Waals surface area (Å²) in [7, 11) is 3.60. The monoisotopic (exact) mass is 418 g/mol. The van der Waals surface area contributed by atoms with Crippen LogP contribution in [0.25, 0.3) is 11.1 Å². The van der Waals surface area contributed by atoms with Crippen LogP contribution in [0.2, 0.25) is 0 Å². The van der Waals surface area contributed by atoms with Gasteiger partial charge in [0, 0.05) is 67.5 Å². The van der Waals surface area contributed by atoms with Crippen LogP contribution in [-0.2, 0) is 13.6 Å². The fourth-order valence-electron chi connectivity index (χ4n) is 4.28. The summed E-state index contributed by atoms with van der Waals surface area (Å²) >= 11 is 0. The largest absolute Gasteiger partial charge is 0.354 e. The Hall–Kier alpha value is -3.06. The number of nitrogens with zero attached hydrogens (tertiary/aromatic N) is 5. The second kappa shape index (κ2) is 8.98. The number of nitrogens with one attached hydrogen (secondary N) is 1. The molecule has 1 saturated heterocycles. The third-order valence-corrected chi connectivity index (χ3v) is 6.18. The predicted octanol–water partition coefficient (Wildman–Crippen LogP) is 3.23. The quantitative estimate of drug-likeness (QED) is 0.688. The van der Waals surface area contributed by atoms with Gasteiger partial charge in [-0.1, -0.05) is 6.07 Å². The van der Waals surface area contributed by atoms with Crippen molar-refractivity contribution in [3.8, 4) is 11.1 Å². The number of piperidine rings is 1. The third-order valence-electron chi connectivity index (χ3n) is 6.18. The Balaban J connectivity index is 1.53. The maximum Gasteiger partial charge on any atom is 0.269 e. The lowest BCUT2D eigenvalue weighted by Gasteiger charge is -2.32. The third kappa shape index (κ3) is 4.66. The maximum absolute atomic E-state index is 11.8. The highest BCUT2D eigenvalue weighted by Gasteiger charge is 2.24. The van der Waals surface area contributed by atoms with Crippen molar-refractivity contribution in [3.05, 3.63) is 65.0 Å². The van der Waals surface area contributed by atoms with Gasteiger partial charge in [-0.25, -0.2) is 0 Å². The summed E-state index contributed by atoms with van der Waals surface area (Å²) < 4.78 is 1.94. The SMILES string of the molecule is CNC(=O)c1ccc(-c2cc(C)nc(C3CCCN(Cc4cnn(C)c4C)C3)c2)cn1. The van der Waals surface area contributed by atoms with Crippen LogP contribution in [0.15, 0.2) is 36.7 Å². The van der Waals surface area contributed by atoms with E-state index in [1.54, 1.807) is 19.3 Å². The number of hydrogen-bond donors (Lipinski definition) is 1. The van der Waals surface area contributed by atoms with E-state index >= 15 is 0 Å². The number of carbonyl (C=O) groups excluding carboxylic acids is 1. The minimum atomic E-state index is -0.177. The number of likely N-dealkylation sites (tertiary alicyclic amines) is 1. The molecule has 31 heavy (non-hydrogen) atoms. The number of rotatable bonds is 5. The van der Waals surface area contributed by atoms with E-state index in [1.165, 1.54) is 11.3 Å². The molecule has 1 fully saturated rings. The van der Waals surface area contributed by atoms with Crippen LogP contribution in [0.4, 0.5) is 0 Å². The van der Waals surface area contributed by atoms with Crippen molar-refractivity contribution in [1.82, 2.24) is 30.0 Å². The lowest BCUT2D eigenvalue weighted by atomic mass is 9.92. The topological polar surface area (TPSA) is 75.9 Å². The standard InChI is InChI=1S/C24H30N6O/c1-16-10-20(18-7-8-22(26-12-18)24(31)25-3)11-23(28-16)19-6-5-9-30(14-19)15-21-13-27-29(4)17(21)2/h7-8,10-13,19H,5-6,9,14-15H2,1-4H3,(H,25,31). The Morgan fingerprint density at radius 3 is 2.71 bits per heavy atom. The lowest BCUT2D eigenvalue weighted by molar-refractivity contribution is 0.0958. The van der Waals surface area contributed by atoms with E-state index in [2.05, 4.69) is 39.4 Å². The highest BCUT2D eigenvalue weighted by atomic mass is 16.1. The summed E-state index contributed by atoms with van der Waals surface area (Å²) in [5, 5.41) is 6.99. The van der Waals surface area contributed by atoms with Gasteiger partial charge in [-0.2, -0.15) is 5.10 Å². The summed E-state index contributed by atoms with van der Waals surface area (Å²) in [5.74, 6) is 0.228. The Labute approximate surface area is 183 Å². The zero-order valence-electron chi connectivity index (χ0n) is 18.7. The summed E-state index contributed by atoms with van der Waals surface area (Å²) in [6.45, 7) is 7.20. The Kier molecular flexibility index (Phi) is 6.13. The molecule has 4 rings (SSSR count). The first kappa shape index (κ1) is 21.2. The van der Waals surface area contributed by atoms with Crippen molar-refractivity contribution < 1.29 is 4.79 Å². The molecule has 0 aliphatic carbocycles. The van der Waals surface area contributed by atoms with E-state index in [0.29, 0.717) is 11.6 Å². The highest BCUT2D eigenvalue weighted by Crippen LogP contribution is 2.30. The summed E-state index contributed by atoms with van der Waals surface area (Å²) in [6, 6.07) is 7.99. The van der Waals surface area contributed by atoms with Crippen LogP contribution in [0.5, 0.6) is 0 Å². The predicted molar refractivity (Wildman–Crippen MR) is 121 cm³/mol. The van der Waals surface area contributed by atoms with Crippen molar-refractivity contribution >= 4 is 5.91 Å². The summed E-state index contributed by atoms with van der Waals surface area (Å²) in [4.78, 5) is 23.5. The fourth-order valence-corrected chi connectivity index (χ4v) is 4.28. The molecule has 0 spiro atoms. The first-order valence-electron chi connectivity index (χ1n) is 10.8. The normalized spacial score (nSPS) is 17.0. The van der Waals surface area contributed by atoms with Gasteiger partial charge >= 0.3 is 0 Å². The molecule has 3 aromatic rings. The second-order valence-corrected chi connectivity index (χ2v) is 8.39. The number of amides is 1. The van der Waals surface area contributed by atoms with Gasteiger partial charge in [0.05, 0.1) is 6.20 Å². The highest BCUT2D eigenvalue weighted by molar-refractivity contribution is 5.92. The van der Waals surface area contributed by atoms with Crippen molar-refractivity contribution in [3.63, 3.8) is 0 Å². The fraction of sp³-hybridized carbons (Fsp3) is 0.417. The Morgan fingerprint density at radius 2 is 2.03 bits per heavy atom. The van der Waals surface area contributed by atoms with Gasteiger partial charge in [0.15, 0.2) is 0 Å². The van der Waals surface area contributed by atoms with E-state index in [1.807, 2.05) is 30.9 Å². The number of pyridine rings is 2. The van der Waals surface area contributed by atoms with Crippen LogP contribution >= 0.6 is 0 Å². The van der Waals surface area contributed by atoms with Crippen molar-refractivity contribution in [2.45, 2.75) is 39.2 Å². The zero-order valence-corrected chi connectivity index (χ0v) is 18.7. The lowest BCUT2D eigenvalue weighted by Crippen LogP contribution is -2.34. The van der Waals surface area contributed by atoms with Gasteiger partial charge in [-0.3, -0.25) is 24.3 Å². The molecule has 1 amide bonds. The van der Waals surface area contributed by atoms with E-state index in [-0.39, 0.29) is 5.91 Å². The number of aromatic nitrogens is 4. The maximum atomic E-state index is 11.8. The first-order valence-corrected chi connectivity index (χ1v) is 10.8. The van der Waals surface area contributed by atoms with Gasteiger partial charge in [-0.15, -0.1) is 0 Å². The van der Waals surface area contributed by atoms with E-state index in [0.717, 1.165) is 55.0 Å². The minimum Gasteiger partial charge on any atom is -0.354 e. The number of hydrogen-bond acceptors (Lipinski definition) is 5. The average Bonchev–Trinajstić information content (AvgIpc) is 3.10. The molecule has 0 radical (unpaired) electrons. The molecule has 7 nitrogen and oxygen atoms in total. The number of carbonyl (C=O) groups is 1. The van der Waals surface area contributed by atoms with Gasteiger partial charge in [0.25, 0.3) is 5.91 Å². The van der Waals surface area contributed by atoms with Crippen LogP contribution in [0, 0.1) is 13.8 Å². The second-order valence-electron chi connectivity index (χ2n) is 8.39. The molecule has 1 aliphatic heterocycles. The molecular weight excluding hydrogens is 388 g/mol. The molecule has 1 unspecified atom stereocenters. The van der Waals surface area contributed by atoms with Gasteiger partial charge in [0.2, 0.25) is 0 Å². The Morgan fingerprint density at radius 1 is 1.19 bits per heavy atom. The van der Waals surface area contributed by atoms with Gasteiger partial charge in [0.1, 0.15) is 5.69 Å². The van der Waals surface area contributed by atoms with Gasteiger partial charge < -0.3 is 5.32 Å². The molecule has 162 valence electrons. The molecule has 0 aromatic carbocycles. The van der Waals surface area contributed by atoms with Crippen molar-refractivity contribution in [2.75, 3.05) is 20.1 Å². The molecule has 4 heterocycles.